The minimum Gasteiger partial charge on any atom is -0.493 e. The Balaban J connectivity index is 2.56. The van der Waals surface area contributed by atoms with Crippen LogP contribution in [0.25, 0.3) is 0 Å². The number of rotatable bonds is 1. The molecule has 1 aliphatic rings. The van der Waals surface area contributed by atoms with Gasteiger partial charge in [0, 0.05) is 6.08 Å². The highest BCUT2D eigenvalue weighted by Crippen LogP contribution is 2.06. The van der Waals surface area contributed by atoms with Crippen LogP contribution in [0.1, 0.15) is 6.42 Å². The molecule has 1 aliphatic heterocycles. The van der Waals surface area contributed by atoms with Gasteiger partial charge in [0.05, 0.1) is 12.7 Å². The van der Waals surface area contributed by atoms with Gasteiger partial charge in [-0.05, 0) is 0 Å². The van der Waals surface area contributed by atoms with Gasteiger partial charge in [0.2, 0.25) is 0 Å². The Bertz CT molecular complexity index is 158. The molecule has 0 amide bonds. The van der Waals surface area contributed by atoms with Crippen molar-refractivity contribution >= 4 is 5.78 Å². The lowest BCUT2D eigenvalue weighted by Gasteiger charge is -2.13. The number of hydrogen-bond donors (Lipinski definition) is 0. The molecule has 0 radical (unpaired) electrons. The molecule has 0 saturated heterocycles. The average Bonchev–Trinajstić information content (AvgIpc) is 1.88. The van der Waals surface area contributed by atoms with Crippen LogP contribution in [-0.4, -0.2) is 11.9 Å². The maximum atomic E-state index is 10.6. The van der Waals surface area contributed by atoms with Crippen LogP contribution < -0.4 is 0 Å². The molecule has 9 heavy (non-hydrogen) atoms. The number of ketones is 1. The zero-order chi connectivity index (χ0) is 6.69. The van der Waals surface area contributed by atoms with Crippen LogP contribution in [0.5, 0.6) is 0 Å². The lowest BCUT2D eigenvalue weighted by atomic mass is 10.1. The molecule has 0 fully saturated rings. The Labute approximate surface area is 53.8 Å². The maximum Gasteiger partial charge on any atom is 0.162 e. The Hall–Kier alpha value is -1.05. The predicted molar refractivity (Wildman–Crippen MR) is 33.8 cm³/mol. The van der Waals surface area contributed by atoms with E-state index >= 15 is 0 Å². The number of hydrogen-bond acceptors (Lipinski definition) is 2. The van der Waals surface area contributed by atoms with E-state index in [1.54, 1.807) is 6.08 Å². The summed E-state index contributed by atoms with van der Waals surface area (Å²) in [5.41, 5.74) is 0. The van der Waals surface area contributed by atoms with Gasteiger partial charge in [0.1, 0.15) is 6.10 Å². The van der Waals surface area contributed by atoms with Crippen LogP contribution in [-0.2, 0) is 9.53 Å². The van der Waals surface area contributed by atoms with Gasteiger partial charge in [-0.15, -0.1) is 0 Å². The standard InChI is InChI=1S/C7H8O2/c1-2-7-5-6(8)3-4-9-7/h2-4,7H,1,5H2/t7-/m1/s1. The molecule has 0 spiro atoms. The fraction of sp³-hybridized carbons (Fsp3) is 0.286. The molecule has 48 valence electrons. The van der Waals surface area contributed by atoms with E-state index in [2.05, 4.69) is 6.58 Å². The molecule has 2 nitrogen and oxygen atoms in total. The number of carbonyl (C=O) groups is 1. The second-order valence-corrected chi connectivity index (χ2v) is 1.88. The highest BCUT2D eigenvalue weighted by Gasteiger charge is 2.11. The summed E-state index contributed by atoms with van der Waals surface area (Å²) in [6.07, 6.45) is 4.79. The molecular formula is C7H8O2. The van der Waals surface area contributed by atoms with Crippen molar-refractivity contribution in [3.8, 4) is 0 Å². The third-order valence-corrected chi connectivity index (χ3v) is 1.17. The smallest absolute Gasteiger partial charge is 0.162 e. The van der Waals surface area contributed by atoms with Gasteiger partial charge in [0.25, 0.3) is 0 Å². The van der Waals surface area contributed by atoms with Gasteiger partial charge in [-0.2, -0.15) is 0 Å². The van der Waals surface area contributed by atoms with Crippen LogP contribution in [0.3, 0.4) is 0 Å². The molecule has 1 rings (SSSR count). The fourth-order valence-corrected chi connectivity index (χ4v) is 0.669. The van der Waals surface area contributed by atoms with E-state index in [1.807, 2.05) is 0 Å². The number of carbonyl (C=O) groups excluding carboxylic acids is 1. The highest BCUT2D eigenvalue weighted by atomic mass is 16.5. The summed E-state index contributed by atoms with van der Waals surface area (Å²) >= 11 is 0. The largest absolute Gasteiger partial charge is 0.493 e. The van der Waals surface area contributed by atoms with Crippen molar-refractivity contribution < 1.29 is 9.53 Å². The number of allylic oxidation sites excluding steroid dienone is 1. The summed E-state index contributed by atoms with van der Waals surface area (Å²) in [6, 6.07) is 0. The molecule has 1 heterocycles. The zero-order valence-electron chi connectivity index (χ0n) is 5.04. The van der Waals surface area contributed by atoms with Gasteiger partial charge in [-0.25, -0.2) is 0 Å². The number of ether oxygens (including phenoxy) is 1. The summed E-state index contributed by atoms with van der Waals surface area (Å²) in [4.78, 5) is 10.6. The van der Waals surface area contributed by atoms with E-state index in [1.165, 1.54) is 12.3 Å². The minimum atomic E-state index is -0.109. The van der Waals surface area contributed by atoms with Gasteiger partial charge in [-0.3, -0.25) is 4.79 Å². The molecule has 0 N–H and O–H groups in total. The highest BCUT2D eigenvalue weighted by molar-refractivity contribution is 5.90. The third kappa shape index (κ3) is 1.42. The van der Waals surface area contributed by atoms with Crippen molar-refractivity contribution in [2.24, 2.45) is 0 Å². The van der Waals surface area contributed by atoms with E-state index < -0.39 is 0 Å². The Morgan fingerprint density at radius 3 is 3.11 bits per heavy atom. The molecule has 0 aromatic carbocycles. The van der Waals surface area contributed by atoms with Crippen molar-refractivity contribution in [2.45, 2.75) is 12.5 Å². The van der Waals surface area contributed by atoms with Crippen molar-refractivity contribution in [3.63, 3.8) is 0 Å². The van der Waals surface area contributed by atoms with Crippen LogP contribution in [0.4, 0.5) is 0 Å². The van der Waals surface area contributed by atoms with E-state index in [9.17, 15) is 4.79 Å². The van der Waals surface area contributed by atoms with Gasteiger partial charge < -0.3 is 4.74 Å². The molecule has 0 bridgehead atoms. The maximum absolute atomic E-state index is 10.6. The molecule has 2 heteroatoms. The normalized spacial score (nSPS) is 25.3. The van der Waals surface area contributed by atoms with E-state index in [0.29, 0.717) is 6.42 Å². The Morgan fingerprint density at radius 2 is 2.67 bits per heavy atom. The molecule has 1 atom stereocenters. The van der Waals surface area contributed by atoms with Crippen LogP contribution >= 0.6 is 0 Å². The summed E-state index contributed by atoms with van der Waals surface area (Å²) in [5, 5.41) is 0. The van der Waals surface area contributed by atoms with Crippen molar-refractivity contribution in [1.82, 2.24) is 0 Å². The van der Waals surface area contributed by atoms with Gasteiger partial charge >= 0.3 is 0 Å². The predicted octanol–water partition coefficient (Wildman–Crippen LogP) is 1.04. The summed E-state index contributed by atoms with van der Waals surface area (Å²) in [5.74, 6) is 0.103. The topological polar surface area (TPSA) is 26.3 Å². The molecule has 0 unspecified atom stereocenters. The van der Waals surface area contributed by atoms with Crippen LogP contribution in [0.2, 0.25) is 0 Å². The second kappa shape index (κ2) is 2.49. The first-order chi connectivity index (χ1) is 4.33. The Kier molecular flexibility index (Phi) is 1.68. The fourth-order valence-electron chi connectivity index (χ4n) is 0.669. The summed E-state index contributed by atoms with van der Waals surface area (Å²) in [7, 11) is 0. The SMILES string of the molecule is C=C[C@@H]1CC(=O)C=CO1. The van der Waals surface area contributed by atoms with E-state index in [-0.39, 0.29) is 11.9 Å². The lowest BCUT2D eigenvalue weighted by Crippen LogP contribution is -2.15. The van der Waals surface area contributed by atoms with Crippen LogP contribution in [0.15, 0.2) is 25.0 Å². The first-order valence-electron chi connectivity index (χ1n) is 2.80. The summed E-state index contributed by atoms with van der Waals surface area (Å²) in [6.45, 7) is 3.51. The first kappa shape index (κ1) is 6.08. The van der Waals surface area contributed by atoms with E-state index in [4.69, 9.17) is 4.74 Å². The van der Waals surface area contributed by atoms with Gasteiger partial charge in [-0.1, -0.05) is 12.7 Å². The monoisotopic (exact) mass is 124 g/mol. The zero-order valence-corrected chi connectivity index (χ0v) is 5.04. The molecule has 0 aliphatic carbocycles. The molecular weight excluding hydrogens is 116 g/mol. The van der Waals surface area contributed by atoms with Crippen molar-refractivity contribution in [3.05, 3.63) is 25.0 Å². The second-order valence-electron chi connectivity index (χ2n) is 1.88. The van der Waals surface area contributed by atoms with Gasteiger partial charge in [0.15, 0.2) is 5.78 Å². The van der Waals surface area contributed by atoms with E-state index in [0.717, 1.165) is 0 Å². The van der Waals surface area contributed by atoms with Crippen LogP contribution in [0, 0.1) is 0 Å². The molecule has 0 aromatic rings. The average molecular weight is 124 g/mol. The Morgan fingerprint density at radius 1 is 1.89 bits per heavy atom. The minimum absolute atomic E-state index is 0.103. The van der Waals surface area contributed by atoms with Crippen molar-refractivity contribution in [1.29, 1.82) is 0 Å². The molecule has 0 aromatic heterocycles. The molecule has 0 saturated carbocycles. The quantitative estimate of drug-likeness (QED) is 0.488. The van der Waals surface area contributed by atoms with Crippen molar-refractivity contribution in [2.75, 3.05) is 0 Å². The lowest BCUT2D eigenvalue weighted by molar-refractivity contribution is -0.117. The first-order valence-corrected chi connectivity index (χ1v) is 2.80. The third-order valence-electron chi connectivity index (χ3n) is 1.17. The summed E-state index contributed by atoms with van der Waals surface area (Å²) < 4.78 is 4.98.